The lowest BCUT2D eigenvalue weighted by Gasteiger charge is -2.29. The van der Waals surface area contributed by atoms with Crippen LogP contribution < -0.4 is 5.32 Å². The molecule has 4 rings (SSSR count). The number of amides is 1. The molecule has 0 spiro atoms. The predicted molar refractivity (Wildman–Crippen MR) is 179 cm³/mol. The standard InChI is InChI=1S/C25H35N3O.C9H11NO.C2H6/c1-19(18-28-13-6-5-7-14-28)16-25-21(3)27(4)15-12-24(25)22-8-10-23(11-9-22)26-17-20(2)29;1-10(2)9(11)8-6-4-3-5-7-8;1-2/h8-12,16,26H,5-7,13-15,17-18H2,1-4H3;3-7H,1-2H3;1-2H3/b19-16+;;. The second-order valence-corrected chi connectivity index (χ2v) is 11.0. The molecule has 228 valence electrons. The Morgan fingerprint density at radius 1 is 0.929 bits per heavy atom. The first-order valence-corrected chi connectivity index (χ1v) is 15.3. The maximum atomic E-state index is 11.3. The van der Waals surface area contributed by atoms with Crippen molar-refractivity contribution in [3.05, 3.63) is 94.7 Å². The molecule has 2 aliphatic rings. The third-order valence-electron chi connectivity index (χ3n) is 7.30. The molecular weight excluding hydrogens is 520 g/mol. The highest BCUT2D eigenvalue weighted by atomic mass is 16.2. The number of benzene rings is 2. The molecule has 42 heavy (non-hydrogen) atoms. The summed E-state index contributed by atoms with van der Waals surface area (Å²) in [4.78, 5) is 28.9. The predicted octanol–water partition coefficient (Wildman–Crippen LogP) is 7.14. The van der Waals surface area contributed by atoms with Gasteiger partial charge in [-0.15, -0.1) is 0 Å². The number of piperidine rings is 1. The average Bonchev–Trinajstić information content (AvgIpc) is 3.00. The van der Waals surface area contributed by atoms with Crippen molar-refractivity contribution in [1.29, 1.82) is 0 Å². The van der Waals surface area contributed by atoms with Crippen molar-refractivity contribution in [2.24, 2.45) is 0 Å². The fraction of sp³-hybridized carbons (Fsp3) is 0.444. The van der Waals surface area contributed by atoms with Gasteiger partial charge in [-0.2, -0.15) is 0 Å². The number of rotatable bonds is 8. The van der Waals surface area contributed by atoms with Crippen LogP contribution in [0.2, 0.25) is 0 Å². The van der Waals surface area contributed by atoms with Crippen molar-refractivity contribution in [3.63, 3.8) is 0 Å². The van der Waals surface area contributed by atoms with Crippen LogP contribution >= 0.6 is 0 Å². The number of hydrogen-bond acceptors (Lipinski definition) is 5. The summed E-state index contributed by atoms with van der Waals surface area (Å²) in [6.07, 6.45) is 8.73. The van der Waals surface area contributed by atoms with Gasteiger partial charge in [-0.05, 0) is 82.1 Å². The topological polar surface area (TPSA) is 55.9 Å². The zero-order chi connectivity index (χ0) is 31.1. The Morgan fingerprint density at radius 2 is 1.55 bits per heavy atom. The van der Waals surface area contributed by atoms with Gasteiger partial charge in [-0.25, -0.2) is 0 Å². The summed E-state index contributed by atoms with van der Waals surface area (Å²) in [5.74, 6) is 0.188. The normalized spacial score (nSPS) is 15.5. The van der Waals surface area contributed by atoms with Crippen molar-refractivity contribution in [2.75, 3.05) is 59.2 Å². The van der Waals surface area contributed by atoms with E-state index in [-0.39, 0.29) is 11.7 Å². The Labute approximate surface area is 254 Å². The summed E-state index contributed by atoms with van der Waals surface area (Å²) in [6.45, 7) is 14.9. The van der Waals surface area contributed by atoms with Crippen LogP contribution in [0.25, 0.3) is 5.57 Å². The van der Waals surface area contributed by atoms with Gasteiger partial charge >= 0.3 is 0 Å². The van der Waals surface area contributed by atoms with Gasteiger partial charge in [0.25, 0.3) is 5.91 Å². The molecule has 2 aromatic rings. The minimum Gasteiger partial charge on any atom is -0.378 e. The Hall–Kier alpha value is -3.64. The van der Waals surface area contributed by atoms with E-state index in [0.29, 0.717) is 6.54 Å². The van der Waals surface area contributed by atoms with Gasteiger partial charge in [0.05, 0.1) is 6.54 Å². The summed E-state index contributed by atoms with van der Waals surface area (Å²) < 4.78 is 0. The number of carbonyl (C=O) groups is 2. The Morgan fingerprint density at radius 3 is 2.12 bits per heavy atom. The third-order valence-corrected chi connectivity index (χ3v) is 7.30. The van der Waals surface area contributed by atoms with Gasteiger partial charge in [-0.3, -0.25) is 14.5 Å². The van der Waals surface area contributed by atoms with Crippen LogP contribution in [0.5, 0.6) is 0 Å². The number of Topliss-reactive ketones (excluding diaryl/α,β-unsaturated/α-hetero) is 1. The minimum atomic E-state index is 0.0469. The van der Waals surface area contributed by atoms with E-state index in [0.717, 1.165) is 24.3 Å². The van der Waals surface area contributed by atoms with Crippen molar-refractivity contribution < 1.29 is 9.59 Å². The number of carbonyl (C=O) groups excluding carboxylic acids is 2. The van der Waals surface area contributed by atoms with E-state index in [1.54, 1.807) is 25.9 Å². The molecule has 1 saturated heterocycles. The summed E-state index contributed by atoms with van der Waals surface area (Å²) in [5.41, 5.74) is 8.30. The maximum absolute atomic E-state index is 11.3. The Bertz CT molecular complexity index is 1220. The first-order chi connectivity index (χ1) is 20.2. The molecule has 0 unspecified atom stereocenters. The molecule has 0 radical (unpaired) electrons. The van der Waals surface area contributed by atoms with E-state index in [9.17, 15) is 9.59 Å². The van der Waals surface area contributed by atoms with E-state index in [1.807, 2.05) is 44.2 Å². The van der Waals surface area contributed by atoms with Crippen LogP contribution in [-0.2, 0) is 4.79 Å². The SMILES string of the molecule is CC.CC(=O)CNc1ccc(C2=CCN(C)C(C)=C2/C=C(\C)CN2CCCCC2)cc1.CN(C)C(=O)c1ccccc1. The lowest BCUT2D eigenvalue weighted by molar-refractivity contribution is -0.115. The van der Waals surface area contributed by atoms with Crippen molar-refractivity contribution in [3.8, 4) is 0 Å². The van der Waals surface area contributed by atoms with Gasteiger partial charge in [0.1, 0.15) is 5.78 Å². The molecule has 2 heterocycles. The van der Waals surface area contributed by atoms with Crippen LogP contribution in [0.1, 0.15) is 69.8 Å². The molecule has 0 bridgehead atoms. The molecule has 0 aliphatic carbocycles. The van der Waals surface area contributed by atoms with Gasteiger partial charge in [0, 0.05) is 56.8 Å². The van der Waals surface area contributed by atoms with Crippen LogP contribution in [0.15, 0.2) is 83.6 Å². The Kier molecular flexibility index (Phi) is 14.8. The molecule has 1 N–H and O–H groups in total. The first kappa shape index (κ1) is 34.6. The summed E-state index contributed by atoms with van der Waals surface area (Å²) in [6, 6.07) is 17.7. The summed E-state index contributed by atoms with van der Waals surface area (Å²) in [7, 11) is 5.65. The molecule has 2 aliphatic heterocycles. The number of likely N-dealkylation sites (tertiary alicyclic amines) is 1. The number of nitrogens with one attached hydrogen (secondary N) is 1. The van der Waals surface area contributed by atoms with E-state index in [1.165, 1.54) is 60.3 Å². The highest BCUT2D eigenvalue weighted by Gasteiger charge is 2.18. The number of anilines is 1. The number of ketones is 1. The summed E-state index contributed by atoms with van der Waals surface area (Å²) >= 11 is 0. The largest absolute Gasteiger partial charge is 0.378 e. The zero-order valence-electron chi connectivity index (χ0n) is 27.2. The van der Waals surface area contributed by atoms with Crippen molar-refractivity contribution in [2.45, 2.75) is 53.9 Å². The molecule has 6 nitrogen and oxygen atoms in total. The average molecular weight is 573 g/mol. The second-order valence-electron chi connectivity index (χ2n) is 11.0. The molecule has 0 atom stereocenters. The molecule has 1 fully saturated rings. The van der Waals surface area contributed by atoms with E-state index >= 15 is 0 Å². The molecular formula is C36H52N4O2. The van der Waals surface area contributed by atoms with Crippen molar-refractivity contribution in [1.82, 2.24) is 14.7 Å². The highest BCUT2D eigenvalue weighted by molar-refractivity contribution is 5.93. The van der Waals surface area contributed by atoms with Crippen LogP contribution in [0, 0.1) is 0 Å². The third kappa shape index (κ3) is 11.0. The summed E-state index contributed by atoms with van der Waals surface area (Å²) in [5, 5.41) is 3.17. The minimum absolute atomic E-state index is 0.0469. The molecule has 2 aromatic carbocycles. The van der Waals surface area contributed by atoms with E-state index in [4.69, 9.17) is 0 Å². The number of likely N-dealkylation sites (N-methyl/N-ethyl adjacent to an activating group) is 1. The number of allylic oxidation sites excluding steroid dienone is 4. The fourth-order valence-corrected chi connectivity index (χ4v) is 4.93. The lowest BCUT2D eigenvalue weighted by Crippen LogP contribution is -2.31. The molecule has 0 saturated carbocycles. The monoisotopic (exact) mass is 572 g/mol. The first-order valence-electron chi connectivity index (χ1n) is 15.3. The van der Waals surface area contributed by atoms with E-state index in [2.05, 4.69) is 72.4 Å². The second kappa shape index (κ2) is 18.0. The smallest absolute Gasteiger partial charge is 0.253 e. The van der Waals surface area contributed by atoms with Gasteiger partial charge in [0.15, 0.2) is 0 Å². The van der Waals surface area contributed by atoms with Crippen molar-refractivity contribution >= 4 is 23.0 Å². The van der Waals surface area contributed by atoms with Gasteiger partial charge < -0.3 is 15.1 Å². The zero-order valence-corrected chi connectivity index (χ0v) is 27.2. The Balaban J connectivity index is 0.000000396. The molecule has 1 amide bonds. The van der Waals surface area contributed by atoms with Crippen LogP contribution in [0.3, 0.4) is 0 Å². The fourth-order valence-electron chi connectivity index (χ4n) is 4.93. The lowest BCUT2D eigenvalue weighted by atomic mass is 9.91. The van der Waals surface area contributed by atoms with Crippen LogP contribution in [0.4, 0.5) is 5.69 Å². The maximum Gasteiger partial charge on any atom is 0.253 e. The highest BCUT2D eigenvalue weighted by Crippen LogP contribution is 2.32. The molecule has 0 aromatic heterocycles. The van der Waals surface area contributed by atoms with E-state index < -0.39 is 0 Å². The number of nitrogens with zero attached hydrogens (tertiary/aromatic N) is 3. The number of hydrogen-bond donors (Lipinski definition) is 1. The van der Waals surface area contributed by atoms with Gasteiger partial charge in [0.2, 0.25) is 0 Å². The van der Waals surface area contributed by atoms with Crippen LogP contribution in [-0.4, -0.2) is 80.3 Å². The van der Waals surface area contributed by atoms with Gasteiger partial charge in [-0.1, -0.05) is 68.3 Å². The molecule has 6 heteroatoms. The quantitative estimate of drug-likeness (QED) is 0.365.